The van der Waals surface area contributed by atoms with Gasteiger partial charge in [-0.3, -0.25) is 14.7 Å². The molecule has 3 fully saturated rings. The van der Waals surface area contributed by atoms with Crippen LogP contribution in [0.15, 0.2) is 91.6 Å². The van der Waals surface area contributed by atoms with E-state index in [2.05, 4.69) is 29.9 Å². The molecule has 3 saturated heterocycles. The lowest BCUT2D eigenvalue weighted by Crippen LogP contribution is -2.38. The number of nitrogens with zero attached hydrogens (tertiary/aromatic N) is 12. The third-order valence-corrected chi connectivity index (χ3v) is 15.6. The largest absolute Gasteiger partial charge is 0.366 e. The van der Waals surface area contributed by atoms with Gasteiger partial charge in [-0.15, -0.1) is 34.0 Å². The monoisotopic (exact) mass is 1220 g/mol. The summed E-state index contributed by atoms with van der Waals surface area (Å²) >= 11 is 21.1. The minimum absolute atomic E-state index is 0.0153. The van der Waals surface area contributed by atoms with Crippen LogP contribution in [0.25, 0.3) is 30.6 Å². The van der Waals surface area contributed by atoms with Crippen LogP contribution in [0.2, 0.25) is 17.2 Å². The Morgan fingerprint density at radius 1 is 0.556 bits per heavy atom. The molecule has 3 aromatic carbocycles. The second-order valence-electron chi connectivity index (χ2n) is 17.4. The number of anilines is 3. The predicted octanol–water partition coefficient (Wildman–Crippen LogP) is 13.3. The van der Waals surface area contributed by atoms with Crippen LogP contribution in [0, 0.1) is 51.4 Å². The molecule has 414 valence electrons. The smallest absolute Gasteiger partial charge is 0.162 e. The fourth-order valence-electron chi connectivity index (χ4n) is 8.14. The van der Waals surface area contributed by atoms with Crippen molar-refractivity contribution in [3.05, 3.63) is 155 Å². The van der Waals surface area contributed by atoms with Crippen molar-refractivity contribution in [2.75, 3.05) is 55.2 Å². The van der Waals surface area contributed by atoms with Crippen LogP contribution in [-0.2, 0) is 19.6 Å². The van der Waals surface area contributed by atoms with E-state index in [1.54, 1.807) is 28.0 Å². The Morgan fingerprint density at radius 2 is 0.901 bits per heavy atom. The molecule has 0 spiro atoms. The Labute approximate surface area is 520 Å². The van der Waals surface area contributed by atoms with Crippen molar-refractivity contribution >= 4 is 117 Å². The van der Waals surface area contributed by atoms with Gasteiger partial charge in [0.15, 0.2) is 4.24 Å². The van der Waals surface area contributed by atoms with Gasteiger partial charge < -0.3 is 15.9 Å². The minimum atomic E-state index is -2.86. The predicted molar refractivity (Wildman–Crippen MR) is 316 cm³/mol. The maximum absolute atomic E-state index is 13.9. The van der Waals surface area contributed by atoms with Gasteiger partial charge >= 0.3 is 0 Å². The van der Waals surface area contributed by atoms with Gasteiger partial charge in [0.1, 0.15) is 73.4 Å². The van der Waals surface area contributed by atoms with Crippen LogP contribution < -0.4 is 15.9 Å². The minimum Gasteiger partial charge on any atom is -0.366 e. The average molecular weight is 1230 g/mol. The molecule has 0 aliphatic carbocycles. The normalized spacial score (nSPS) is 22.9. The number of nitrogens with one attached hydrogen (secondary N) is 3. The highest BCUT2D eigenvalue weighted by molar-refractivity contribution is 7.24. The molecule has 3 atom stereocenters. The number of halogens is 6. The van der Waals surface area contributed by atoms with Crippen molar-refractivity contribution in [3.63, 3.8) is 0 Å². The summed E-state index contributed by atoms with van der Waals surface area (Å²) in [6.45, 7) is -3.58. The Hall–Kier alpha value is -6.81. The fourth-order valence-corrected chi connectivity index (χ4v) is 11.2. The third-order valence-electron chi connectivity index (χ3n) is 12.0. The van der Waals surface area contributed by atoms with Crippen molar-refractivity contribution in [2.45, 2.75) is 76.0 Å². The van der Waals surface area contributed by atoms with E-state index >= 15 is 0 Å². The standard InChI is InChI=1S/3C19H17ClFN5S/c3*20-17-8-16-18(27-17)19(24-11-23-16)25-14-3-5-26(6-4-14)10-12-1-2-15(21)13(7-12)9-22/h3*1-2,7-8,11,14H,3-6,10H2,(H,23,24,25)/i2D,3D2,4D2,8D,10D,14D;2D,8D,10D,11D,14D;2D,8D,10D,14D/hD3. The molecule has 15 nitrogen and oxygen atoms in total. The molecule has 6 aromatic heterocycles. The lowest BCUT2D eigenvalue weighted by atomic mass is 10.0. The number of nitriles is 3. The number of fused-ring (bicyclic) bond motifs is 3. The number of likely N-dealkylation sites (tertiary alicyclic amines) is 3. The number of rotatable bonds is 12. The molecule has 3 aliphatic rings. The van der Waals surface area contributed by atoms with Gasteiger partial charge in [0, 0.05) is 86.5 Å². The van der Waals surface area contributed by atoms with Crippen LogP contribution in [0.4, 0.5) is 30.6 Å². The summed E-state index contributed by atoms with van der Waals surface area (Å²) in [6.07, 6.45) is -2.86. The first-order chi connectivity index (χ1) is 47.4. The highest BCUT2D eigenvalue weighted by atomic mass is 35.5. The molecule has 0 saturated carbocycles. The number of benzene rings is 3. The molecule has 0 radical (unpaired) electrons. The van der Waals surface area contributed by atoms with Crippen LogP contribution in [-0.4, -0.2) is 102 Å². The number of thiophene rings is 3. The summed E-state index contributed by atoms with van der Waals surface area (Å²) in [5, 5.41) is 29.5. The van der Waals surface area contributed by atoms with Crippen molar-refractivity contribution in [3.8, 4) is 18.2 Å². The molecule has 81 heavy (non-hydrogen) atoms. The average Bonchev–Trinajstić information content (AvgIpc) is 1.40. The number of aromatic nitrogens is 6. The maximum Gasteiger partial charge on any atom is 0.162 e. The molecule has 3 unspecified atom stereocenters. The molecule has 9 heterocycles. The van der Waals surface area contributed by atoms with E-state index < -0.39 is 105 Å². The second-order valence-corrected chi connectivity index (χ2v) is 22.3. The summed E-state index contributed by atoms with van der Waals surface area (Å²) in [5.41, 5.74) is 0.181. The van der Waals surface area contributed by atoms with Gasteiger partial charge in [-0.25, -0.2) is 43.1 Å². The Bertz CT molecular complexity index is 4830. The van der Waals surface area contributed by atoms with Crippen molar-refractivity contribution in [2.24, 2.45) is 0 Å². The van der Waals surface area contributed by atoms with Crippen molar-refractivity contribution < 1.29 is 40.7 Å². The van der Waals surface area contributed by atoms with E-state index in [-0.39, 0.29) is 126 Å². The van der Waals surface area contributed by atoms with Crippen LogP contribution in [0.1, 0.15) is 95.1 Å². The first kappa shape index (κ1) is 37.3. The second kappa shape index (κ2) is 26.8. The fraction of sp³-hybridized carbons (Fsp3) is 0.316. The van der Waals surface area contributed by atoms with Crippen LogP contribution in [0.5, 0.6) is 0 Å². The molecular formula is C57H51Cl3F3N15S3. The highest BCUT2D eigenvalue weighted by Crippen LogP contribution is 2.36. The summed E-state index contributed by atoms with van der Waals surface area (Å²) in [5.74, 6) is -2.93. The molecule has 0 amide bonds. The van der Waals surface area contributed by atoms with Gasteiger partial charge in [-0.2, -0.15) is 15.8 Å². The zero-order chi connectivity index (χ0) is 74.1. The zero-order valence-corrected chi connectivity index (χ0v) is 46.3. The molecule has 3 aliphatic heterocycles. The number of hydrogen-bond acceptors (Lipinski definition) is 18. The van der Waals surface area contributed by atoms with E-state index in [4.69, 9.17) is 78.1 Å². The Balaban J connectivity index is 0.000000164. The van der Waals surface area contributed by atoms with E-state index in [1.807, 2.05) is 0 Å². The van der Waals surface area contributed by atoms with E-state index in [1.165, 1.54) is 30.6 Å². The molecule has 3 N–H and O–H groups in total. The summed E-state index contributed by atoms with van der Waals surface area (Å²) in [6, 6.07) is 4.84. The van der Waals surface area contributed by atoms with E-state index in [0.29, 0.717) is 44.4 Å². The van der Waals surface area contributed by atoms with Gasteiger partial charge in [-0.05, 0) is 110 Å². The van der Waals surface area contributed by atoms with Gasteiger partial charge in [-0.1, -0.05) is 53.0 Å². The third kappa shape index (κ3) is 14.8. The van der Waals surface area contributed by atoms with E-state index in [9.17, 15) is 13.2 Å². The van der Waals surface area contributed by atoms with Crippen molar-refractivity contribution in [1.82, 2.24) is 44.6 Å². The Morgan fingerprint density at radius 3 is 1.28 bits per heavy atom. The first-order valence-electron chi connectivity index (χ1n) is 34.1. The molecular weight excluding hydrogens is 1150 g/mol. The zero-order valence-electron chi connectivity index (χ0n) is 61.6. The Kier molecular flexibility index (Phi) is 12.4. The number of hydrogen-bond donors (Lipinski definition) is 3. The number of piperidine rings is 3. The summed E-state index contributed by atoms with van der Waals surface area (Å²) < 4.78 is 210. The van der Waals surface area contributed by atoms with Gasteiger partial charge in [0.25, 0.3) is 0 Å². The topological polar surface area (TPSA) is 195 Å². The first-order valence-corrected chi connectivity index (χ1v) is 27.6. The molecule has 24 heteroatoms. The highest BCUT2D eigenvalue weighted by Gasteiger charge is 2.25. The quantitative estimate of drug-likeness (QED) is 0.104. The summed E-state index contributed by atoms with van der Waals surface area (Å²) in [4.78, 5) is 28.6. The molecule has 0 bridgehead atoms. The van der Waals surface area contributed by atoms with Crippen molar-refractivity contribution in [1.29, 1.82) is 15.8 Å². The van der Waals surface area contributed by atoms with Crippen LogP contribution in [0.3, 0.4) is 0 Å². The summed E-state index contributed by atoms with van der Waals surface area (Å²) in [7, 11) is 0. The maximum atomic E-state index is 13.9. The van der Waals surface area contributed by atoms with E-state index in [0.717, 1.165) is 68.0 Å². The van der Waals surface area contributed by atoms with Gasteiger partial charge in [0.2, 0.25) is 0 Å². The lowest BCUT2D eigenvalue weighted by Gasteiger charge is -2.32. The molecule has 9 aromatic rings. The lowest BCUT2D eigenvalue weighted by molar-refractivity contribution is 0.211. The SMILES string of the molecule is [2H]c1cc(C([2H])N2CC([2H])([2H])C([2H])(N([2H])c3ncnc4c([2H])c(Cl)sc34)C([2H])([2H])C2)cc(C#N)c1F.[2H]c1cc(C([2H])N2CCC([2H])(N([2H])c3ncnc4c([2H])c(Cl)sc34)CC2)cc(C#N)c1F.[2H]c1nc(N([2H])C2([2H])CCN(C([2H])c3cc([2H])c(F)c(C#N)c3)CC2)c2sc(Cl)c([2H])c2n1. The van der Waals surface area contributed by atoms with Gasteiger partial charge in [0.05, 0.1) is 72.7 Å². The van der Waals surface area contributed by atoms with Crippen LogP contribution >= 0.6 is 68.8 Å². The molecule has 12 rings (SSSR count).